The minimum absolute atomic E-state index is 0. The van der Waals surface area contributed by atoms with E-state index in [9.17, 15) is 4.79 Å². The lowest BCUT2D eigenvalue weighted by atomic mass is 10.0. The van der Waals surface area contributed by atoms with Gasteiger partial charge in [0.2, 0.25) is 5.91 Å². The van der Waals surface area contributed by atoms with E-state index in [-0.39, 0.29) is 48.7 Å². The molecule has 1 rings (SSSR count). The SMILES string of the molecule is CCC(NC(=O)C(C)C(C)N)c1nc(C)cs1.Cl.Cl. The second-order valence-electron chi connectivity index (χ2n) is 4.44. The van der Waals surface area contributed by atoms with Crippen molar-refractivity contribution in [3.8, 4) is 0 Å². The third-order valence-corrected chi connectivity index (χ3v) is 3.94. The zero-order chi connectivity index (χ0) is 13.0. The Morgan fingerprint density at radius 1 is 1.47 bits per heavy atom. The van der Waals surface area contributed by atoms with Crippen molar-refractivity contribution in [2.75, 3.05) is 0 Å². The van der Waals surface area contributed by atoms with E-state index >= 15 is 0 Å². The van der Waals surface area contributed by atoms with Crippen LogP contribution < -0.4 is 11.1 Å². The van der Waals surface area contributed by atoms with Crippen LogP contribution in [0.4, 0.5) is 0 Å². The predicted octanol–water partition coefficient (Wildman–Crippen LogP) is 2.85. The van der Waals surface area contributed by atoms with Gasteiger partial charge in [0.05, 0.1) is 6.04 Å². The van der Waals surface area contributed by atoms with Gasteiger partial charge < -0.3 is 11.1 Å². The Labute approximate surface area is 131 Å². The number of nitrogens with zero attached hydrogens (tertiary/aromatic N) is 1. The maximum atomic E-state index is 11.9. The van der Waals surface area contributed by atoms with Gasteiger partial charge in [-0.1, -0.05) is 13.8 Å². The number of hydrogen-bond donors (Lipinski definition) is 2. The Bertz CT molecular complexity index is 385. The highest BCUT2D eigenvalue weighted by atomic mass is 35.5. The van der Waals surface area contributed by atoms with Crippen molar-refractivity contribution in [2.45, 2.75) is 46.2 Å². The maximum Gasteiger partial charge on any atom is 0.224 e. The van der Waals surface area contributed by atoms with Gasteiger partial charge in [0.25, 0.3) is 0 Å². The minimum Gasteiger partial charge on any atom is -0.347 e. The lowest BCUT2D eigenvalue weighted by molar-refractivity contribution is -0.125. The summed E-state index contributed by atoms with van der Waals surface area (Å²) < 4.78 is 0. The number of aromatic nitrogens is 1. The van der Waals surface area contributed by atoms with Crippen molar-refractivity contribution >= 4 is 42.1 Å². The van der Waals surface area contributed by atoms with Gasteiger partial charge in [0, 0.05) is 23.0 Å². The molecule has 0 aliphatic heterocycles. The first-order valence-electron chi connectivity index (χ1n) is 5.93. The van der Waals surface area contributed by atoms with Crippen LogP contribution in [0.15, 0.2) is 5.38 Å². The van der Waals surface area contributed by atoms with Gasteiger partial charge in [0.15, 0.2) is 0 Å². The summed E-state index contributed by atoms with van der Waals surface area (Å²) in [6.07, 6.45) is 0.838. The number of hydrogen-bond acceptors (Lipinski definition) is 4. The molecule has 1 aromatic heterocycles. The fraction of sp³-hybridized carbons (Fsp3) is 0.667. The fourth-order valence-electron chi connectivity index (χ4n) is 1.41. The molecule has 3 atom stereocenters. The van der Waals surface area contributed by atoms with E-state index in [4.69, 9.17) is 5.73 Å². The number of nitrogens with two attached hydrogens (primary N) is 1. The molecular weight excluding hydrogens is 305 g/mol. The van der Waals surface area contributed by atoms with E-state index in [0.717, 1.165) is 17.1 Å². The molecule has 3 N–H and O–H groups in total. The Morgan fingerprint density at radius 2 is 2.05 bits per heavy atom. The molecule has 112 valence electrons. The third kappa shape index (κ3) is 6.08. The average molecular weight is 328 g/mol. The quantitative estimate of drug-likeness (QED) is 0.873. The molecule has 1 aromatic rings. The Morgan fingerprint density at radius 3 is 2.42 bits per heavy atom. The van der Waals surface area contributed by atoms with E-state index in [0.29, 0.717) is 0 Å². The summed E-state index contributed by atoms with van der Waals surface area (Å²) in [6.45, 7) is 7.69. The second kappa shape index (κ2) is 9.53. The zero-order valence-corrected chi connectivity index (χ0v) is 14.1. The number of halogens is 2. The van der Waals surface area contributed by atoms with Gasteiger partial charge in [-0.3, -0.25) is 4.79 Å². The van der Waals surface area contributed by atoms with Crippen molar-refractivity contribution in [3.63, 3.8) is 0 Å². The van der Waals surface area contributed by atoms with E-state index < -0.39 is 0 Å². The van der Waals surface area contributed by atoms with Gasteiger partial charge in [-0.15, -0.1) is 36.2 Å². The summed E-state index contributed by atoms with van der Waals surface area (Å²) >= 11 is 1.59. The van der Waals surface area contributed by atoms with E-state index in [1.54, 1.807) is 11.3 Å². The van der Waals surface area contributed by atoms with Crippen LogP contribution in [-0.4, -0.2) is 16.9 Å². The van der Waals surface area contributed by atoms with E-state index in [1.807, 2.05) is 33.1 Å². The summed E-state index contributed by atoms with van der Waals surface area (Å²) in [4.78, 5) is 16.3. The molecule has 0 fully saturated rings. The van der Waals surface area contributed by atoms with E-state index in [1.165, 1.54) is 0 Å². The Hall–Kier alpha value is -0.360. The molecule has 0 radical (unpaired) electrons. The topological polar surface area (TPSA) is 68.0 Å². The number of aryl methyl sites for hydroxylation is 1. The first kappa shape index (κ1) is 20.9. The van der Waals surface area contributed by atoms with Crippen LogP contribution in [-0.2, 0) is 4.79 Å². The highest BCUT2D eigenvalue weighted by Gasteiger charge is 2.21. The van der Waals surface area contributed by atoms with Crippen molar-refractivity contribution in [1.29, 1.82) is 0 Å². The third-order valence-electron chi connectivity index (χ3n) is 2.86. The Balaban J connectivity index is 0. The lowest BCUT2D eigenvalue weighted by Crippen LogP contribution is -2.40. The normalized spacial score (nSPS) is 14.6. The van der Waals surface area contributed by atoms with Crippen LogP contribution in [0.25, 0.3) is 0 Å². The maximum absolute atomic E-state index is 11.9. The molecule has 1 amide bonds. The molecule has 0 aliphatic carbocycles. The number of nitrogens with one attached hydrogen (secondary N) is 1. The zero-order valence-electron chi connectivity index (χ0n) is 11.7. The summed E-state index contributed by atoms with van der Waals surface area (Å²) in [6, 6.07) is -0.132. The first-order valence-corrected chi connectivity index (χ1v) is 6.81. The molecule has 3 unspecified atom stereocenters. The van der Waals surface area contributed by atoms with Crippen LogP contribution in [0.2, 0.25) is 0 Å². The number of carbonyl (C=O) groups excluding carboxylic acids is 1. The number of amides is 1. The van der Waals surface area contributed by atoms with Gasteiger partial charge in [-0.05, 0) is 20.3 Å². The summed E-state index contributed by atoms with van der Waals surface area (Å²) in [5.41, 5.74) is 6.72. The molecule has 7 heteroatoms. The first-order chi connectivity index (χ1) is 7.95. The molecule has 4 nitrogen and oxygen atoms in total. The van der Waals surface area contributed by atoms with Crippen molar-refractivity contribution < 1.29 is 4.79 Å². The minimum atomic E-state index is -0.176. The van der Waals surface area contributed by atoms with Crippen LogP contribution >= 0.6 is 36.2 Å². The number of thiazole rings is 1. The molecule has 0 bridgehead atoms. The van der Waals surface area contributed by atoms with Crippen LogP contribution in [0.1, 0.15) is 43.9 Å². The fourth-order valence-corrected chi connectivity index (χ4v) is 2.34. The van der Waals surface area contributed by atoms with Gasteiger partial charge in [-0.2, -0.15) is 0 Å². The molecule has 19 heavy (non-hydrogen) atoms. The highest BCUT2D eigenvalue weighted by molar-refractivity contribution is 7.09. The summed E-state index contributed by atoms with van der Waals surface area (Å²) in [5, 5.41) is 5.97. The Kier molecular flexibility index (Phi) is 10.5. The summed E-state index contributed by atoms with van der Waals surface area (Å²) in [7, 11) is 0. The number of rotatable bonds is 5. The molecule has 0 spiro atoms. The second-order valence-corrected chi connectivity index (χ2v) is 5.33. The highest BCUT2D eigenvalue weighted by Crippen LogP contribution is 2.21. The van der Waals surface area contributed by atoms with E-state index in [2.05, 4.69) is 10.3 Å². The lowest BCUT2D eigenvalue weighted by Gasteiger charge is -2.20. The van der Waals surface area contributed by atoms with Crippen LogP contribution in [0.3, 0.4) is 0 Å². The molecule has 0 saturated carbocycles. The molecule has 0 aliphatic rings. The smallest absolute Gasteiger partial charge is 0.224 e. The van der Waals surface area contributed by atoms with Gasteiger partial charge >= 0.3 is 0 Å². The number of carbonyl (C=O) groups is 1. The van der Waals surface area contributed by atoms with Crippen molar-refractivity contribution in [2.24, 2.45) is 11.7 Å². The monoisotopic (exact) mass is 327 g/mol. The molecule has 1 heterocycles. The van der Waals surface area contributed by atoms with Crippen molar-refractivity contribution in [3.05, 3.63) is 16.1 Å². The molecular formula is C12H23Cl2N3OS. The summed E-state index contributed by atoms with van der Waals surface area (Å²) in [5.74, 6) is -0.176. The average Bonchev–Trinajstić information content (AvgIpc) is 2.70. The predicted molar refractivity (Wildman–Crippen MR) is 85.3 cm³/mol. The largest absolute Gasteiger partial charge is 0.347 e. The van der Waals surface area contributed by atoms with Crippen LogP contribution in [0.5, 0.6) is 0 Å². The van der Waals surface area contributed by atoms with Crippen LogP contribution in [0, 0.1) is 12.8 Å². The van der Waals surface area contributed by atoms with Crippen molar-refractivity contribution in [1.82, 2.24) is 10.3 Å². The van der Waals surface area contributed by atoms with Gasteiger partial charge in [0.1, 0.15) is 5.01 Å². The standard InChI is InChI=1S/C12H21N3OS.2ClH/c1-5-10(12-14-7(2)6-17-12)15-11(16)8(3)9(4)13;;/h6,8-10H,5,13H2,1-4H3,(H,15,16);2*1H. The van der Waals surface area contributed by atoms with Gasteiger partial charge in [-0.25, -0.2) is 4.98 Å². The molecule has 0 saturated heterocycles. The molecule has 0 aromatic carbocycles.